The molecule has 0 atom stereocenters. The van der Waals surface area contributed by atoms with Crippen LogP contribution >= 0.6 is 0 Å². The van der Waals surface area contributed by atoms with Gasteiger partial charge in [-0.1, -0.05) is 18.5 Å². The molecular weight excluding hydrogens is 650 g/mol. The van der Waals surface area contributed by atoms with Crippen LogP contribution in [0.1, 0.15) is 69.2 Å². The van der Waals surface area contributed by atoms with E-state index in [2.05, 4.69) is 88.4 Å². The Morgan fingerprint density at radius 1 is 0.657 bits per heavy atom. The second-order valence-corrected chi connectivity index (χ2v) is 16.8. The van der Waals surface area contributed by atoms with Crippen molar-refractivity contribution in [1.29, 1.82) is 0 Å². The molecule has 2 aromatic rings. The Bertz CT molecular complexity index is 1010. The minimum Gasteiger partial charge on any atom is -1.00 e. The molecule has 0 unspecified atom stereocenters. The van der Waals surface area contributed by atoms with Crippen LogP contribution in [0.3, 0.4) is 0 Å². The van der Waals surface area contributed by atoms with Crippen molar-refractivity contribution < 1.29 is 47.7 Å². The predicted octanol–water partition coefficient (Wildman–Crippen LogP) is 2.12. The second-order valence-electron chi connectivity index (χ2n) is 9.49. The van der Waals surface area contributed by atoms with Crippen LogP contribution in [0.15, 0.2) is 78.5 Å². The molecule has 0 aromatic heterocycles. The Morgan fingerprint density at radius 2 is 1.00 bits per heavy atom. The Kier molecular flexibility index (Phi) is 12.7. The minimum atomic E-state index is -0.966. The van der Waals surface area contributed by atoms with Crippen LogP contribution in [-0.2, 0) is 35.7 Å². The van der Waals surface area contributed by atoms with Gasteiger partial charge in [-0.25, -0.2) is 0 Å². The molecule has 1 saturated heterocycles. The molecule has 0 spiro atoms. The van der Waals surface area contributed by atoms with Crippen molar-refractivity contribution in [2.45, 2.75) is 71.9 Å². The Hall–Kier alpha value is -0.933. The molecule has 0 nitrogen and oxygen atoms in total. The number of rotatable bonds is 6. The number of halogens is 2. The summed E-state index contributed by atoms with van der Waals surface area (Å²) < 4.78 is 3.56. The van der Waals surface area contributed by atoms with E-state index in [9.17, 15) is 0 Å². The van der Waals surface area contributed by atoms with Gasteiger partial charge < -0.3 is 24.8 Å². The van der Waals surface area contributed by atoms with E-state index in [0.717, 1.165) is 12.8 Å². The monoisotopic (exact) mass is 688 g/mol. The second kappa shape index (κ2) is 14.7. The average molecular weight is 688 g/mol. The van der Waals surface area contributed by atoms with Crippen LogP contribution in [-0.4, -0.2) is 9.52 Å². The van der Waals surface area contributed by atoms with Crippen LogP contribution in [0.4, 0.5) is 0 Å². The fourth-order valence-corrected chi connectivity index (χ4v) is 10.2. The van der Waals surface area contributed by atoms with Gasteiger partial charge >= 0.3 is 188 Å². The largest absolute Gasteiger partial charge is 1.00 e. The molecule has 1 heterocycles. The van der Waals surface area contributed by atoms with Crippen molar-refractivity contribution in [2.24, 2.45) is 0 Å². The fraction of sp³-hybridized carbons (Fsp3) is 0.355. The first-order chi connectivity index (χ1) is 16.1. The molecule has 0 radical (unpaired) electrons. The molecule has 0 bridgehead atoms. The summed E-state index contributed by atoms with van der Waals surface area (Å²) in [7, 11) is 0.605. The summed E-state index contributed by atoms with van der Waals surface area (Å²) in [6, 6.07) is 21.7. The summed E-state index contributed by atoms with van der Waals surface area (Å²) in [6.45, 7) is 9.16. The van der Waals surface area contributed by atoms with E-state index in [0.29, 0.717) is 9.52 Å². The summed E-state index contributed by atoms with van der Waals surface area (Å²) in [6.07, 6.45) is 11.1. The normalized spacial score (nSPS) is 16.2. The molecule has 5 rings (SSSR count). The molecule has 184 valence electrons. The maximum Gasteiger partial charge on any atom is -1.00 e. The molecule has 3 aliphatic rings. The Labute approximate surface area is 239 Å². The van der Waals surface area contributed by atoms with E-state index < -0.39 is 22.9 Å². The van der Waals surface area contributed by atoms with Gasteiger partial charge in [0.25, 0.3) is 0 Å². The number of benzene rings is 2. The van der Waals surface area contributed by atoms with Crippen LogP contribution in [0.2, 0.25) is 12.1 Å². The molecule has 1 fully saturated rings. The van der Waals surface area contributed by atoms with Crippen LogP contribution < -0.4 is 24.8 Å². The standard InChI is InChI=1S/2C14H15.C3H8Si.2ClH.Hf/c2*1-3-12-7-9-13(10-8-12)14-6-4-5-11(14)2;1-2-4-3-1;;;/h2*6-10H,3-4H2,1-2H3;1-4H2;2*1H;/q;;;;;+2/p-2. The van der Waals surface area contributed by atoms with Crippen molar-refractivity contribution >= 4 is 20.7 Å². The van der Waals surface area contributed by atoms with Crippen LogP contribution in [0.5, 0.6) is 0 Å². The summed E-state index contributed by atoms with van der Waals surface area (Å²) in [4.78, 5) is 0. The molecule has 2 aromatic carbocycles. The summed E-state index contributed by atoms with van der Waals surface area (Å²) >= 11 is -0.966. The van der Waals surface area contributed by atoms with Crippen LogP contribution in [0.25, 0.3) is 11.1 Å². The van der Waals surface area contributed by atoms with Gasteiger partial charge in [-0.15, -0.1) is 0 Å². The van der Waals surface area contributed by atoms with E-state index in [1.165, 1.54) is 46.2 Å². The molecule has 0 saturated carbocycles. The van der Waals surface area contributed by atoms with Gasteiger partial charge in [0, 0.05) is 9.52 Å². The zero-order valence-corrected chi connectivity index (χ0v) is 28.2. The van der Waals surface area contributed by atoms with Gasteiger partial charge in [-0.05, 0) is 0 Å². The van der Waals surface area contributed by atoms with Crippen molar-refractivity contribution in [3.63, 3.8) is 0 Å². The Balaban J connectivity index is 0.000000655. The summed E-state index contributed by atoms with van der Waals surface area (Å²) in [5, 5.41) is 0. The van der Waals surface area contributed by atoms with Gasteiger partial charge in [0.2, 0.25) is 0 Å². The average Bonchev–Trinajstić information content (AvgIpc) is 3.35. The van der Waals surface area contributed by atoms with E-state index >= 15 is 0 Å². The topological polar surface area (TPSA) is 0 Å². The third-order valence-electron chi connectivity index (χ3n) is 7.38. The summed E-state index contributed by atoms with van der Waals surface area (Å²) in [5.41, 5.74) is 11.7. The molecule has 0 amide bonds. The van der Waals surface area contributed by atoms with Crippen LogP contribution in [0, 0.1) is 0 Å². The molecule has 1 aliphatic heterocycles. The molecule has 35 heavy (non-hydrogen) atoms. The number of hydrogen-bond donors (Lipinski definition) is 0. The maximum atomic E-state index is 2.47. The van der Waals surface area contributed by atoms with E-state index in [4.69, 9.17) is 0 Å². The van der Waals surface area contributed by atoms with Gasteiger partial charge in [0.1, 0.15) is 0 Å². The Morgan fingerprint density at radius 3 is 1.29 bits per heavy atom. The zero-order valence-electron chi connectivity index (χ0n) is 21.7. The third-order valence-corrected chi connectivity index (χ3v) is 15.7. The quantitative estimate of drug-likeness (QED) is 0.409. The van der Waals surface area contributed by atoms with E-state index in [-0.39, 0.29) is 24.8 Å². The van der Waals surface area contributed by atoms with Crippen molar-refractivity contribution in [3.05, 3.63) is 101 Å². The van der Waals surface area contributed by atoms with Crippen molar-refractivity contribution in [3.8, 4) is 0 Å². The first-order valence-electron chi connectivity index (χ1n) is 12.9. The fourth-order valence-electron chi connectivity index (χ4n) is 4.58. The van der Waals surface area contributed by atoms with Gasteiger partial charge in [-0.3, -0.25) is 0 Å². The zero-order chi connectivity index (χ0) is 23.2. The van der Waals surface area contributed by atoms with Gasteiger partial charge in [0.15, 0.2) is 0 Å². The number of aryl methyl sites for hydroxylation is 2. The molecular formula is C31H38Cl2HfSi. The van der Waals surface area contributed by atoms with Gasteiger partial charge in [-0.2, -0.15) is 0 Å². The smallest absolute Gasteiger partial charge is 1.00 e. The molecule has 4 heteroatoms. The number of hydrogen-bond acceptors (Lipinski definition) is 0. The number of allylic oxidation sites excluding steroid dienone is 8. The van der Waals surface area contributed by atoms with E-state index in [1.807, 2.05) is 0 Å². The SMILES string of the molecule is C1C[SiH2]C1.CCc1ccc(C2=CC[C]([Hf+2][C]3=C(C)C(c4ccc(CC)cc4)=CC3)=C2C)cc1.[Cl-].[Cl-]. The molecule has 0 N–H and O–H groups in total. The molecule has 2 aliphatic carbocycles. The van der Waals surface area contributed by atoms with E-state index in [1.54, 1.807) is 36.3 Å². The van der Waals surface area contributed by atoms with Crippen molar-refractivity contribution in [2.75, 3.05) is 0 Å². The minimum absolute atomic E-state index is 0. The van der Waals surface area contributed by atoms with Crippen molar-refractivity contribution in [1.82, 2.24) is 0 Å². The summed E-state index contributed by atoms with van der Waals surface area (Å²) in [5.74, 6) is 0. The predicted molar refractivity (Wildman–Crippen MR) is 145 cm³/mol. The third kappa shape index (κ3) is 7.54. The van der Waals surface area contributed by atoms with Gasteiger partial charge in [0.05, 0.1) is 0 Å². The first kappa shape index (κ1) is 30.3. The first-order valence-corrected chi connectivity index (χ1v) is 18.5. The maximum absolute atomic E-state index is 2.47.